The Balaban J connectivity index is 1.12. The molecule has 190 valence electrons. The molecule has 4 aromatic rings. The van der Waals surface area contributed by atoms with Crippen LogP contribution >= 0.6 is 0 Å². The molecule has 0 unspecified atom stereocenters. The van der Waals surface area contributed by atoms with Gasteiger partial charge < -0.3 is 25.3 Å². The van der Waals surface area contributed by atoms with Gasteiger partial charge in [-0.25, -0.2) is 14.4 Å². The summed E-state index contributed by atoms with van der Waals surface area (Å²) in [7, 11) is 0. The van der Waals surface area contributed by atoms with Crippen LogP contribution in [-0.4, -0.2) is 44.9 Å². The molecule has 3 heterocycles. The van der Waals surface area contributed by atoms with E-state index in [0.717, 1.165) is 29.9 Å². The molecule has 37 heavy (non-hydrogen) atoms. The zero-order valence-electron chi connectivity index (χ0n) is 20.4. The average molecular weight is 502 g/mol. The minimum Gasteiger partial charge on any atom is -0.447 e. The number of anilines is 4. The maximum Gasteiger partial charge on any atom is 0.253 e. The first-order valence-corrected chi connectivity index (χ1v) is 12.2. The number of hydrogen-bond donors (Lipinski definition) is 3. The molecule has 9 nitrogen and oxygen atoms in total. The minimum absolute atomic E-state index is 0.0232. The molecule has 0 spiro atoms. The van der Waals surface area contributed by atoms with Gasteiger partial charge in [-0.15, -0.1) is 0 Å². The van der Waals surface area contributed by atoms with E-state index in [0.29, 0.717) is 48.9 Å². The summed E-state index contributed by atoms with van der Waals surface area (Å²) >= 11 is 0. The Bertz CT molecular complexity index is 1330. The second kappa shape index (κ2) is 11.2. The summed E-state index contributed by atoms with van der Waals surface area (Å²) < 4.78 is 18.5. The summed E-state index contributed by atoms with van der Waals surface area (Å²) in [5.41, 5.74) is 3.00. The Morgan fingerprint density at radius 3 is 2.41 bits per heavy atom. The van der Waals surface area contributed by atoms with Crippen LogP contribution < -0.4 is 16.0 Å². The summed E-state index contributed by atoms with van der Waals surface area (Å²) in [4.78, 5) is 27.9. The van der Waals surface area contributed by atoms with Gasteiger partial charge in [-0.2, -0.15) is 4.98 Å². The van der Waals surface area contributed by atoms with Crippen molar-refractivity contribution in [3.63, 3.8) is 0 Å². The van der Waals surface area contributed by atoms with Gasteiger partial charge in [0.05, 0.1) is 12.2 Å². The number of amides is 1. The van der Waals surface area contributed by atoms with Crippen LogP contribution in [0.2, 0.25) is 0 Å². The van der Waals surface area contributed by atoms with Crippen LogP contribution in [0.25, 0.3) is 0 Å². The zero-order valence-corrected chi connectivity index (χ0v) is 20.4. The molecule has 1 aliphatic rings. The Hall–Kier alpha value is -4.31. The number of halogens is 1. The molecule has 1 fully saturated rings. The molecule has 10 heteroatoms. The van der Waals surface area contributed by atoms with E-state index < -0.39 is 0 Å². The highest BCUT2D eigenvalue weighted by molar-refractivity contribution is 5.94. The number of nitrogens with zero attached hydrogens (tertiary/aromatic N) is 4. The van der Waals surface area contributed by atoms with E-state index >= 15 is 0 Å². The third-order valence-electron chi connectivity index (χ3n) is 6.15. The number of benzene rings is 2. The number of piperidine rings is 1. The van der Waals surface area contributed by atoms with Crippen LogP contribution in [-0.2, 0) is 6.54 Å². The standard InChI is InChI=1S/C27H28FN7O2/c1-18-17-37-25(31-18)16-30-21-11-14-35(15-12-21)26(36)19-2-6-23(7-3-19)33-27-29-13-10-24(34-27)32-22-8-4-20(28)5-9-22/h2-10,13,17,21,30H,11-12,14-16H2,1H3,(H2,29,32,33,34). The molecule has 0 radical (unpaired) electrons. The number of nitrogens with one attached hydrogen (secondary N) is 3. The van der Waals surface area contributed by atoms with E-state index in [9.17, 15) is 9.18 Å². The molecule has 1 saturated heterocycles. The molecule has 5 rings (SSSR count). The molecule has 3 N–H and O–H groups in total. The predicted molar refractivity (Wildman–Crippen MR) is 138 cm³/mol. The molecule has 2 aromatic carbocycles. The normalized spacial score (nSPS) is 13.9. The van der Waals surface area contributed by atoms with Crippen LogP contribution in [0.4, 0.5) is 27.5 Å². The first-order valence-electron chi connectivity index (χ1n) is 12.2. The van der Waals surface area contributed by atoms with Gasteiger partial charge in [0, 0.05) is 42.3 Å². The minimum atomic E-state index is -0.298. The Labute approximate surface area is 214 Å². The van der Waals surface area contributed by atoms with E-state index in [1.807, 2.05) is 24.0 Å². The molecule has 0 atom stereocenters. The van der Waals surface area contributed by atoms with Gasteiger partial charge in [-0.05, 0) is 74.4 Å². The maximum absolute atomic E-state index is 13.1. The van der Waals surface area contributed by atoms with Crippen molar-refractivity contribution in [2.75, 3.05) is 23.7 Å². The molecule has 0 bridgehead atoms. The highest BCUT2D eigenvalue weighted by Gasteiger charge is 2.23. The van der Waals surface area contributed by atoms with E-state index in [1.54, 1.807) is 42.8 Å². The van der Waals surface area contributed by atoms with Gasteiger partial charge in [-0.1, -0.05) is 0 Å². The van der Waals surface area contributed by atoms with Crippen molar-refractivity contribution in [3.8, 4) is 0 Å². The van der Waals surface area contributed by atoms with Crippen molar-refractivity contribution in [2.45, 2.75) is 32.4 Å². The SMILES string of the molecule is Cc1coc(CNC2CCN(C(=O)c3ccc(Nc4nccc(Nc5ccc(F)cc5)n4)cc3)CC2)n1. The summed E-state index contributed by atoms with van der Waals surface area (Å²) in [6, 6.07) is 15.4. The fourth-order valence-electron chi connectivity index (χ4n) is 4.18. The second-order valence-corrected chi connectivity index (χ2v) is 8.93. The first-order chi connectivity index (χ1) is 18.0. The Morgan fingerprint density at radius 1 is 1.00 bits per heavy atom. The number of carbonyl (C=O) groups is 1. The molecule has 2 aromatic heterocycles. The van der Waals surface area contributed by atoms with Gasteiger partial charge in [0.1, 0.15) is 17.9 Å². The molecule has 1 aliphatic heterocycles. The van der Waals surface area contributed by atoms with Crippen LogP contribution in [0.3, 0.4) is 0 Å². The first kappa shape index (κ1) is 24.4. The number of aromatic nitrogens is 3. The Kier molecular flexibility index (Phi) is 7.36. The molecule has 0 aliphatic carbocycles. The van der Waals surface area contributed by atoms with E-state index in [2.05, 4.69) is 30.9 Å². The monoisotopic (exact) mass is 501 g/mol. The summed E-state index contributed by atoms with van der Waals surface area (Å²) in [6.07, 6.45) is 5.04. The lowest BCUT2D eigenvalue weighted by Gasteiger charge is -2.32. The number of likely N-dealkylation sites (tertiary alicyclic amines) is 1. The fourth-order valence-corrected chi connectivity index (χ4v) is 4.18. The van der Waals surface area contributed by atoms with E-state index in [-0.39, 0.29) is 11.7 Å². The molecule has 1 amide bonds. The second-order valence-electron chi connectivity index (χ2n) is 8.93. The third kappa shape index (κ3) is 6.47. The predicted octanol–water partition coefficient (Wildman–Crippen LogP) is 4.79. The fraction of sp³-hybridized carbons (Fsp3) is 0.259. The topological polar surface area (TPSA) is 108 Å². The van der Waals surface area contributed by atoms with Gasteiger partial charge in [-0.3, -0.25) is 4.79 Å². The van der Waals surface area contributed by atoms with Crippen molar-refractivity contribution >= 4 is 29.0 Å². The van der Waals surface area contributed by atoms with Crippen LogP contribution in [0.1, 0.15) is 34.8 Å². The lowest BCUT2D eigenvalue weighted by Crippen LogP contribution is -2.44. The number of carbonyl (C=O) groups excluding carboxylic acids is 1. The van der Waals surface area contributed by atoms with Crippen LogP contribution in [0.15, 0.2) is 71.5 Å². The van der Waals surface area contributed by atoms with Crippen molar-refractivity contribution < 1.29 is 13.6 Å². The molecule has 0 saturated carbocycles. The molecular weight excluding hydrogens is 473 g/mol. The number of aryl methyl sites for hydroxylation is 1. The highest BCUT2D eigenvalue weighted by Crippen LogP contribution is 2.20. The highest BCUT2D eigenvalue weighted by atomic mass is 19.1. The Morgan fingerprint density at radius 2 is 1.70 bits per heavy atom. The van der Waals surface area contributed by atoms with Gasteiger partial charge in [0.15, 0.2) is 0 Å². The van der Waals surface area contributed by atoms with Gasteiger partial charge >= 0.3 is 0 Å². The van der Waals surface area contributed by atoms with Crippen molar-refractivity contribution in [3.05, 3.63) is 90.0 Å². The van der Waals surface area contributed by atoms with Crippen molar-refractivity contribution in [1.29, 1.82) is 0 Å². The van der Waals surface area contributed by atoms with Crippen molar-refractivity contribution in [2.24, 2.45) is 0 Å². The summed E-state index contributed by atoms with van der Waals surface area (Å²) in [5.74, 6) is 1.39. The number of rotatable bonds is 8. The third-order valence-corrected chi connectivity index (χ3v) is 6.15. The van der Waals surface area contributed by atoms with Crippen molar-refractivity contribution in [1.82, 2.24) is 25.2 Å². The average Bonchev–Trinajstić information content (AvgIpc) is 3.34. The smallest absolute Gasteiger partial charge is 0.253 e. The number of oxazole rings is 1. The molecular formula is C27H28FN7O2. The number of hydrogen-bond acceptors (Lipinski definition) is 8. The van der Waals surface area contributed by atoms with E-state index in [4.69, 9.17) is 4.42 Å². The quantitative estimate of drug-likeness (QED) is 0.316. The lowest BCUT2D eigenvalue weighted by atomic mass is 10.0. The largest absolute Gasteiger partial charge is 0.447 e. The lowest BCUT2D eigenvalue weighted by molar-refractivity contribution is 0.0704. The van der Waals surface area contributed by atoms with E-state index in [1.165, 1.54) is 12.1 Å². The van der Waals surface area contributed by atoms with Gasteiger partial charge in [0.2, 0.25) is 11.8 Å². The maximum atomic E-state index is 13.1. The summed E-state index contributed by atoms with van der Waals surface area (Å²) in [5, 5.41) is 9.74. The van der Waals surface area contributed by atoms with Crippen LogP contribution in [0.5, 0.6) is 0 Å². The van der Waals surface area contributed by atoms with Crippen LogP contribution in [0, 0.1) is 12.7 Å². The summed E-state index contributed by atoms with van der Waals surface area (Å²) in [6.45, 7) is 3.89. The zero-order chi connectivity index (χ0) is 25.6. The van der Waals surface area contributed by atoms with Gasteiger partial charge in [0.25, 0.3) is 5.91 Å².